The lowest BCUT2D eigenvalue weighted by molar-refractivity contribution is -0.228. The van der Waals surface area contributed by atoms with Crippen LogP contribution in [0.15, 0.2) is 48.6 Å². The van der Waals surface area contributed by atoms with Crippen molar-refractivity contribution in [3.05, 3.63) is 70.9 Å². The number of rotatable bonds is 8. The Morgan fingerprint density at radius 2 is 1.63 bits per heavy atom. The Morgan fingerprint density at radius 1 is 0.938 bits per heavy atom. The van der Waals surface area contributed by atoms with Gasteiger partial charge in [-0.2, -0.15) is 8.42 Å². The van der Waals surface area contributed by atoms with Gasteiger partial charge in [-0.25, -0.2) is 4.79 Å². The van der Waals surface area contributed by atoms with Crippen molar-refractivity contribution in [1.29, 1.82) is 0 Å². The topological polar surface area (TPSA) is 243 Å². The van der Waals surface area contributed by atoms with Gasteiger partial charge in [0.05, 0.1) is 38.7 Å². The van der Waals surface area contributed by atoms with Gasteiger partial charge >= 0.3 is 28.3 Å². The molecule has 1 saturated heterocycles. The number of ether oxygens (including phenoxy) is 4. The number of carbonyl (C=O) groups is 4. The molecule has 9 rings (SSSR count). The zero-order valence-electron chi connectivity index (χ0n) is 37.5. The number of aliphatic hydroxyl groups is 2. The average molecular weight is 922 g/mol. The molecule has 4 heterocycles. The first-order valence-corrected chi connectivity index (χ1v) is 23.6. The molecule has 5 N–H and O–H groups in total. The van der Waals surface area contributed by atoms with Crippen LogP contribution in [0.3, 0.4) is 0 Å². The zero-order chi connectivity index (χ0) is 47.1. The number of H-pyrrole nitrogens is 1. The average Bonchev–Trinajstić information content (AvgIpc) is 3.95. The van der Waals surface area contributed by atoms with E-state index in [0.717, 1.165) is 29.3 Å². The van der Waals surface area contributed by atoms with E-state index in [2.05, 4.69) is 16.0 Å². The van der Waals surface area contributed by atoms with Crippen molar-refractivity contribution in [3.63, 3.8) is 0 Å². The Kier molecular flexibility index (Phi) is 11.8. The molecule has 3 aliphatic carbocycles. The second-order valence-corrected chi connectivity index (χ2v) is 19.8. The number of aryl methyl sites for hydroxylation is 1. The molecule has 10 atom stereocenters. The number of hydrogen-bond acceptors (Lipinski definition) is 13. The van der Waals surface area contributed by atoms with Gasteiger partial charge in [0, 0.05) is 58.6 Å². The maximum atomic E-state index is 15.3. The zero-order valence-corrected chi connectivity index (χ0v) is 38.4. The van der Waals surface area contributed by atoms with Gasteiger partial charge < -0.3 is 39.0 Å². The second kappa shape index (κ2) is 16.5. The highest BCUT2D eigenvalue weighted by Gasteiger charge is 2.81. The maximum Gasteiger partial charge on any atom is 0.394 e. The van der Waals surface area contributed by atoms with Crippen LogP contribution in [-0.4, -0.2) is 126 Å². The van der Waals surface area contributed by atoms with Gasteiger partial charge in [-0.1, -0.05) is 44.2 Å². The molecule has 1 spiro atoms. The minimum Gasteiger partial charge on any atom is -0.496 e. The number of benzene rings is 2. The first kappa shape index (κ1) is 46.7. The Hall–Kier alpha value is -4.85. The number of carbonyl (C=O) groups excluding carboxylic acids is 4. The van der Waals surface area contributed by atoms with Gasteiger partial charge in [0.1, 0.15) is 11.2 Å². The Bertz CT molecular complexity index is 2550. The number of nitrogens with zero attached hydrogens (tertiary/aromatic N) is 2. The lowest BCUT2D eigenvalue weighted by atomic mass is 9.47. The van der Waals surface area contributed by atoms with Crippen LogP contribution in [0.25, 0.3) is 10.9 Å². The van der Waals surface area contributed by atoms with Crippen LogP contribution in [0.5, 0.6) is 5.75 Å². The molecule has 6 aliphatic rings. The van der Waals surface area contributed by atoms with E-state index in [9.17, 15) is 24.6 Å². The lowest BCUT2D eigenvalue weighted by Gasteiger charge is -2.63. The number of esters is 3. The van der Waals surface area contributed by atoms with Crippen molar-refractivity contribution >= 4 is 51.3 Å². The summed E-state index contributed by atoms with van der Waals surface area (Å²) in [6, 6.07) is 10.1. The number of aromatic amines is 1. The number of anilines is 1. The molecule has 3 aliphatic heterocycles. The van der Waals surface area contributed by atoms with E-state index in [1.807, 2.05) is 50.3 Å². The molecular weight excluding hydrogens is 863 g/mol. The van der Waals surface area contributed by atoms with E-state index in [-0.39, 0.29) is 11.8 Å². The van der Waals surface area contributed by atoms with E-state index in [1.165, 1.54) is 33.2 Å². The summed E-state index contributed by atoms with van der Waals surface area (Å²) in [5.41, 5.74) is -2.91. The predicted molar refractivity (Wildman–Crippen MR) is 236 cm³/mol. The highest BCUT2D eigenvalue weighted by atomic mass is 32.3. The third kappa shape index (κ3) is 6.91. The van der Waals surface area contributed by atoms with E-state index in [4.69, 9.17) is 36.5 Å². The van der Waals surface area contributed by atoms with Crippen molar-refractivity contribution in [1.82, 2.24) is 9.88 Å². The van der Waals surface area contributed by atoms with E-state index >= 15 is 4.79 Å². The van der Waals surface area contributed by atoms with Gasteiger partial charge in [0.15, 0.2) is 6.10 Å². The highest BCUT2D eigenvalue weighted by molar-refractivity contribution is 7.79. The number of amides is 1. The molecule has 2 saturated carbocycles. The summed E-state index contributed by atoms with van der Waals surface area (Å²) in [5, 5.41) is 26.3. The van der Waals surface area contributed by atoms with Crippen LogP contribution in [0.2, 0.25) is 0 Å². The summed E-state index contributed by atoms with van der Waals surface area (Å²) in [6.45, 7) is 6.35. The molecule has 2 aromatic carbocycles. The molecular formula is C47H59N3O14S. The third-order valence-corrected chi connectivity index (χ3v) is 15.9. The van der Waals surface area contributed by atoms with E-state index in [1.54, 1.807) is 6.07 Å². The Labute approximate surface area is 378 Å². The lowest BCUT2D eigenvalue weighted by Crippen LogP contribution is -2.81. The Balaban J connectivity index is 0.00000109. The number of para-hydroxylation sites is 1. The van der Waals surface area contributed by atoms with Crippen LogP contribution < -0.4 is 9.64 Å². The fourth-order valence-corrected chi connectivity index (χ4v) is 13.8. The van der Waals surface area contributed by atoms with E-state index in [0.29, 0.717) is 92.7 Å². The molecule has 1 amide bonds. The van der Waals surface area contributed by atoms with Gasteiger partial charge in [-0.15, -0.1) is 0 Å². The minimum absolute atomic E-state index is 0.0812. The molecule has 3 fully saturated rings. The van der Waals surface area contributed by atoms with Crippen LogP contribution in [0.1, 0.15) is 94.5 Å². The predicted octanol–water partition coefficient (Wildman–Crippen LogP) is 4.35. The van der Waals surface area contributed by atoms with Crippen molar-refractivity contribution in [2.75, 3.05) is 39.3 Å². The number of aromatic nitrogens is 1. The first-order chi connectivity index (χ1) is 30.8. The molecule has 18 heteroatoms. The maximum absolute atomic E-state index is 15.3. The van der Waals surface area contributed by atoms with Crippen LogP contribution >= 0.6 is 0 Å². The smallest absolute Gasteiger partial charge is 0.394 e. The summed E-state index contributed by atoms with van der Waals surface area (Å²) >= 11 is 0. The van der Waals surface area contributed by atoms with Crippen molar-refractivity contribution in [2.24, 2.45) is 17.3 Å². The van der Waals surface area contributed by atoms with Crippen LogP contribution in [0, 0.1) is 17.3 Å². The van der Waals surface area contributed by atoms with Gasteiger partial charge in [-0.05, 0) is 99.4 Å². The molecule has 2 bridgehead atoms. The molecule has 1 aromatic heterocycles. The minimum atomic E-state index is -4.67. The van der Waals surface area contributed by atoms with Gasteiger partial charge in [0.25, 0.3) is 0 Å². The van der Waals surface area contributed by atoms with Crippen molar-refractivity contribution in [3.8, 4) is 5.75 Å². The van der Waals surface area contributed by atoms with Crippen LogP contribution in [0.4, 0.5) is 5.69 Å². The normalized spacial score (nSPS) is 34.6. The quantitative estimate of drug-likeness (QED) is 0.0694. The SMILES string of the molecule is CC[C@@]1(O)CC2CCc3c([nH]c4ccccc34)[C@@](C(=O)OC)(c3cc4c(cc3OC)N(C=O)C3[C@]45CCN4CC=C[C@](CC)(C45)[C@@H](OC(C)=O)[C@]3(O)C(=O)OC)C[C@H](C2)C1.O=S(=O)(O)O. The molecule has 3 unspecified atom stereocenters. The summed E-state index contributed by atoms with van der Waals surface area (Å²) in [5.74, 6) is -1.71. The number of methoxy groups -OCH3 is 3. The fourth-order valence-electron chi connectivity index (χ4n) is 13.8. The standard InChI is InChI=1S/C47H57N3O10.H2O4S/c1-7-43(55)23-28-14-15-31-30-12-9-10-13-34(30)48-37(31)46(41(53)58-5,25-29(20-28)24-43)33-21-32-35(22-36(33)57-4)50(26-51)39-45(32)17-19-49-18-11-16-44(8-2,38(45)49)40(60-27(3)52)47(39,56)42(54)59-6;1-5(2,3)4/h9-13,16,21-22,26,28-29,38-40,48,55-56H,7-8,14-15,17-20,23-25H2,1-6H3;(H2,1,2,3,4)/t28?,29-,38?,39?,40-,43-,44-,45-,46+,47+;/m1./s1. The van der Waals surface area contributed by atoms with Crippen LogP contribution in [-0.2, 0) is 61.0 Å². The molecule has 0 radical (unpaired) electrons. The highest BCUT2D eigenvalue weighted by Crippen LogP contribution is 2.68. The van der Waals surface area contributed by atoms with Crippen molar-refractivity contribution < 1.29 is 65.9 Å². The number of nitrogens with one attached hydrogen (secondary N) is 1. The largest absolute Gasteiger partial charge is 0.496 e. The Morgan fingerprint density at radius 3 is 2.26 bits per heavy atom. The third-order valence-electron chi connectivity index (χ3n) is 15.9. The summed E-state index contributed by atoms with van der Waals surface area (Å²) in [4.78, 5) is 63.9. The molecule has 3 aromatic rings. The first-order valence-electron chi connectivity index (χ1n) is 22.2. The van der Waals surface area contributed by atoms with E-state index < -0.39 is 73.9 Å². The molecule has 17 nitrogen and oxygen atoms in total. The summed E-state index contributed by atoms with van der Waals surface area (Å²) in [7, 11) is -0.555. The number of hydrogen-bond donors (Lipinski definition) is 5. The summed E-state index contributed by atoms with van der Waals surface area (Å²) in [6.07, 6.45) is 8.42. The molecule has 65 heavy (non-hydrogen) atoms. The van der Waals surface area contributed by atoms with Gasteiger partial charge in [0.2, 0.25) is 12.0 Å². The number of fused-ring (bicyclic) bond motifs is 6. The summed E-state index contributed by atoms with van der Waals surface area (Å²) < 4.78 is 55.3. The molecule has 352 valence electrons. The fraction of sp³-hybridized carbons (Fsp3) is 0.574. The van der Waals surface area contributed by atoms with Gasteiger partial charge in [-0.3, -0.25) is 28.4 Å². The van der Waals surface area contributed by atoms with Crippen molar-refractivity contribution in [2.45, 2.75) is 119 Å². The monoisotopic (exact) mass is 921 g/mol. The second-order valence-electron chi connectivity index (χ2n) is 18.9.